The van der Waals surface area contributed by atoms with Crippen LogP contribution in [0.25, 0.3) is 0 Å². The number of methoxy groups -OCH3 is 1. The van der Waals surface area contributed by atoms with E-state index in [-0.39, 0.29) is 5.91 Å². The first-order valence-corrected chi connectivity index (χ1v) is 7.04. The monoisotopic (exact) mass is 322 g/mol. The van der Waals surface area contributed by atoms with Gasteiger partial charge in [-0.05, 0) is 31.2 Å². The quantitative estimate of drug-likeness (QED) is 0.858. The second-order valence-electron chi connectivity index (χ2n) is 4.98. The molecule has 0 aliphatic carbocycles. The number of fused-ring (bicyclic) bond motifs is 1. The van der Waals surface area contributed by atoms with E-state index in [4.69, 9.17) is 27.9 Å². The molecule has 2 heterocycles. The minimum absolute atomic E-state index is 0.165. The molecule has 0 spiro atoms. The third-order valence-corrected chi connectivity index (χ3v) is 4.25. The van der Waals surface area contributed by atoms with E-state index in [1.165, 1.54) is 0 Å². The maximum absolute atomic E-state index is 12.6. The molecule has 0 unspecified atom stereocenters. The van der Waals surface area contributed by atoms with Crippen LogP contribution in [0.4, 0.5) is 5.69 Å². The highest BCUT2D eigenvalue weighted by atomic mass is 35.5. The first-order chi connectivity index (χ1) is 9.96. The van der Waals surface area contributed by atoms with Gasteiger partial charge in [-0.2, -0.15) is 0 Å². The number of amides is 1. The first kappa shape index (κ1) is 14.2. The highest BCUT2D eigenvalue weighted by Crippen LogP contribution is 2.46. The molecule has 21 heavy (non-hydrogen) atoms. The molecule has 1 N–H and O–H groups in total. The summed E-state index contributed by atoms with van der Waals surface area (Å²) in [4.78, 5) is 16.6. The van der Waals surface area contributed by atoms with Crippen LogP contribution in [0.3, 0.4) is 0 Å². The molecule has 2 aromatic rings. The molecule has 1 aliphatic heterocycles. The molecule has 0 radical (unpaired) electrons. The molecular formula is C15H12Cl2N2O2. The van der Waals surface area contributed by atoms with Gasteiger partial charge >= 0.3 is 0 Å². The van der Waals surface area contributed by atoms with Crippen molar-refractivity contribution in [2.24, 2.45) is 0 Å². The number of carbonyl (C=O) groups excluding carboxylic acids is 1. The van der Waals surface area contributed by atoms with Gasteiger partial charge in [-0.1, -0.05) is 23.2 Å². The SMILES string of the molecule is COc1ccc(Cl)cc1[C@@]1(C)C(=O)Nc2cc(Cl)ncc21. The summed E-state index contributed by atoms with van der Waals surface area (Å²) in [7, 11) is 1.56. The molecule has 108 valence electrons. The fourth-order valence-corrected chi connectivity index (χ4v) is 2.97. The van der Waals surface area contributed by atoms with Crippen molar-refractivity contribution in [3.05, 3.63) is 51.8 Å². The number of pyridine rings is 1. The van der Waals surface area contributed by atoms with Crippen LogP contribution in [-0.2, 0) is 10.2 Å². The molecule has 0 saturated heterocycles. The Labute approximate surface area is 132 Å². The van der Waals surface area contributed by atoms with Crippen molar-refractivity contribution in [3.63, 3.8) is 0 Å². The Balaban J connectivity index is 2.27. The smallest absolute Gasteiger partial charge is 0.239 e. The molecule has 1 atom stereocenters. The molecule has 1 amide bonds. The van der Waals surface area contributed by atoms with E-state index in [9.17, 15) is 4.79 Å². The van der Waals surface area contributed by atoms with Crippen LogP contribution in [0.2, 0.25) is 10.2 Å². The van der Waals surface area contributed by atoms with E-state index >= 15 is 0 Å². The number of aromatic nitrogens is 1. The average Bonchev–Trinajstić information content (AvgIpc) is 2.70. The normalized spacial score (nSPS) is 20.1. The lowest BCUT2D eigenvalue weighted by atomic mass is 9.77. The van der Waals surface area contributed by atoms with Crippen molar-refractivity contribution in [2.45, 2.75) is 12.3 Å². The van der Waals surface area contributed by atoms with E-state index in [0.717, 1.165) is 5.56 Å². The summed E-state index contributed by atoms with van der Waals surface area (Å²) in [6.45, 7) is 1.82. The fraction of sp³-hybridized carbons (Fsp3) is 0.200. The summed E-state index contributed by atoms with van der Waals surface area (Å²) in [6.07, 6.45) is 1.61. The summed E-state index contributed by atoms with van der Waals surface area (Å²) in [5, 5.41) is 3.70. The molecule has 1 aromatic carbocycles. The second kappa shape index (κ2) is 4.90. The van der Waals surface area contributed by atoms with Crippen LogP contribution in [0.1, 0.15) is 18.1 Å². The van der Waals surface area contributed by atoms with Crippen molar-refractivity contribution >= 4 is 34.8 Å². The van der Waals surface area contributed by atoms with Gasteiger partial charge in [0.05, 0.1) is 7.11 Å². The van der Waals surface area contributed by atoms with Crippen molar-refractivity contribution < 1.29 is 9.53 Å². The van der Waals surface area contributed by atoms with Crippen LogP contribution < -0.4 is 10.1 Å². The van der Waals surface area contributed by atoms with Gasteiger partial charge in [0.1, 0.15) is 16.3 Å². The van der Waals surface area contributed by atoms with E-state index < -0.39 is 5.41 Å². The second-order valence-corrected chi connectivity index (χ2v) is 5.80. The Bertz CT molecular complexity index is 748. The van der Waals surface area contributed by atoms with Gasteiger partial charge in [0.15, 0.2) is 0 Å². The molecule has 0 bridgehead atoms. The molecule has 4 nitrogen and oxygen atoms in total. The summed E-state index contributed by atoms with van der Waals surface area (Å²) < 4.78 is 5.38. The predicted octanol–water partition coefficient (Wildman–Crippen LogP) is 3.66. The molecule has 0 saturated carbocycles. The Kier molecular flexibility index (Phi) is 3.30. The lowest BCUT2D eigenvalue weighted by Gasteiger charge is -2.25. The molecule has 0 fully saturated rings. The van der Waals surface area contributed by atoms with Crippen molar-refractivity contribution in [1.29, 1.82) is 0 Å². The van der Waals surface area contributed by atoms with E-state index in [1.807, 2.05) is 6.92 Å². The number of nitrogens with zero attached hydrogens (tertiary/aromatic N) is 1. The van der Waals surface area contributed by atoms with Gasteiger partial charge in [0.2, 0.25) is 5.91 Å². The van der Waals surface area contributed by atoms with Crippen LogP contribution in [-0.4, -0.2) is 18.0 Å². The van der Waals surface area contributed by atoms with Gasteiger partial charge in [-0.25, -0.2) is 4.98 Å². The number of carbonyl (C=O) groups is 1. The number of hydrogen-bond acceptors (Lipinski definition) is 3. The molecule has 6 heteroatoms. The summed E-state index contributed by atoms with van der Waals surface area (Å²) in [5.41, 5.74) is 1.17. The molecule has 1 aliphatic rings. The maximum Gasteiger partial charge on any atom is 0.239 e. The minimum atomic E-state index is -0.927. The van der Waals surface area contributed by atoms with Crippen LogP contribution in [0.5, 0.6) is 5.75 Å². The Morgan fingerprint density at radius 1 is 1.24 bits per heavy atom. The molecular weight excluding hydrogens is 311 g/mol. The topological polar surface area (TPSA) is 51.2 Å². The number of nitrogens with one attached hydrogen (secondary N) is 1. The van der Waals surface area contributed by atoms with E-state index in [1.54, 1.807) is 37.6 Å². The van der Waals surface area contributed by atoms with Crippen molar-refractivity contribution in [2.75, 3.05) is 12.4 Å². The highest BCUT2D eigenvalue weighted by molar-refractivity contribution is 6.31. The van der Waals surface area contributed by atoms with Crippen LogP contribution in [0.15, 0.2) is 30.5 Å². The number of ether oxygens (including phenoxy) is 1. The van der Waals surface area contributed by atoms with Gasteiger partial charge in [0.25, 0.3) is 0 Å². The van der Waals surface area contributed by atoms with E-state index in [0.29, 0.717) is 27.2 Å². The third kappa shape index (κ3) is 2.06. The number of hydrogen-bond donors (Lipinski definition) is 1. The maximum atomic E-state index is 12.6. The van der Waals surface area contributed by atoms with Crippen LogP contribution in [0, 0.1) is 0 Å². The van der Waals surface area contributed by atoms with Gasteiger partial charge < -0.3 is 10.1 Å². The Hall–Kier alpha value is -1.78. The first-order valence-electron chi connectivity index (χ1n) is 6.28. The van der Waals surface area contributed by atoms with Crippen LogP contribution >= 0.6 is 23.2 Å². The summed E-state index contributed by atoms with van der Waals surface area (Å²) >= 11 is 12.0. The number of halogens is 2. The number of benzene rings is 1. The number of rotatable bonds is 2. The lowest BCUT2D eigenvalue weighted by Crippen LogP contribution is -2.32. The predicted molar refractivity (Wildman–Crippen MR) is 82.3 cm³/mol. The van der Waals surface area contributed by atoms with Crippen molar-refractivity contribution in [1.82, 2.24) is 4.98 Å². The Morgan fingerprint density at radius 2 is 2.00 bits per heavy atom. The standard InChI is InChI=1S/C15H12Cl2N2O2/c1-15(9-5-8(16)3-4-12(9)21-2)10-7-18-13(17)6-11(10)19-14(15)20/h3-7H,1-2H3,(H,19,20)/t15-/m1/s1. The molecule has 1 aromatic heterocycles. The van der Waals surface area contributed by atoms with Gasteiger partial charge in [-0.3, -0.25) is 4.79 Å². The minimum Gasteiger partial charge on any atom is -0.496 e. The largest absolute Gasteiger partial charge is 0.496 e. The Morgan fingerprint density at radius 3 is 2.71 bits per heavy atom. The third-order valence-electron chi connectivity index (χ3n) is 3.81. The molecule has 3 rings (SSSR count). The fourth-order valence-electron chi connectivity index (χ4n) is 2.64. The van der Waals surface area contributed by atoms with Gasteiger partial charge in [0, 0.05) is 28.0 Å². The van der Waals surface area contributed by atoms with Crippen molar-refractivity contribution in [3.8, 4) is 5.75 Å². The zero-order valence-corrected chi connectivity index (χ0v) is 12.9. The summed E-state index contributed by atoms with van der Waals surface area (Å²) in [5.74, 6) is 0.432. The number of anilines is 1. The highest BCUT2D eigenvalue weighted by Gasteiger charge is 2.46. The zero-order chi connectivity index (χ0) is 15.2. The van der Waals surface area contributed by atoms with E-state index in [2.05, 4.69) is 10.3 Å². The summed E-state index contributed by atoms with van der Waals surface area (Å²) in [6, 6.07) is 6.85. The zero-order valence-electron chi connectivity index (χ0n) is 11.4. The lowest BCUT2D eigenvalue weighted by molar-refractivity contribution is -0.119. The average molecular weight is 323 g/mol. The van der Waals surface area contributed by atoms with Gasteiger partial charge in [-0.15, -0.1) is 0 Å².